The Labute approximate surface area is 159 Å². The van der Waals surface area contributed by atoms with Gasteiger partial charge in [-0.1, -0.05) is 53.7 Å². The third-order valence-electron chi connectivity index (χ3n) is 4.65. The number of oxime groups is 1. The van der Waals surface area contributed by atoms with Crippen molar-refractivity contribution >= 4 is 11.6 Å². The van der Waals surface area contributed by atoms with Crippen LogP contribution in [0.2, 0.25) is 0 Å². The highest BCUT2D eigenvalue weighted by Gasteiger charge is 2.26. The van der Waals surface area contributed by atoms with E-state index in [2.05, 4.69) is 47.4 Å². The lowest BCUT2D eigenvalue weighted by atomic mass is 9.96. The van der Waals surface area contributed by atoms with Gasteiger partial charge in [-0.25, -0.2) is 0 Å². The Balaban J connectivity index is 1.75. The number of nitrogens with two attached hydrogens (primary N) is 1. The molecule has 0 radical (unpaired) electrons. The van der Waals surface area contributed by atoms with Crippen LogP contribution in [-0.4, -0.2) is 49.9 Å². The Bertz CT molecular complexity index is 818. The first-order valence-electron chi connectivity index (χ1n) is 8.96. The van der Waals surface area contributed by atoms with E-state index in [4.69, 9.17) is 15.3 Å². The molecule has 0 aliphatic carbocycles. The van der Waals surface area contributed by atoms with Gasteiger partial charge in [-0.3, -0.25) is 9.69 Å². The molecular formula is C21H25N3O3. The van der Waals surface area contributed by atoms with E-state index in [0.717, 1.165) is 29.9 Å². The van der Waals surface area contributed by atoms with Crippen molar-refractivity contribution in [3.05, 3.63) is 59.7 Å². The van der Waals surface area contributed by atoms with E-state index in [1.54, 1.807) is 7.11 Å². The molecule has 27 heavy (non-hydrogen) atoms. The van der Waals surface area contributed by atoms with E-state index in [-0.39, 0.29) is 0 Å². The Morgan fingerprint density at radius 3 is 2.59 bits per heavy atom. The average molecular weight is 367 g/mol. The number of carbonyl (C=O) groups excluding carboxylic acids is 1. The second kappa shape index (κ2) is 8.79. The molecule has 0 bridgehead atoms. The minimum Gasteiger partial charge on any atom is -0.383 e. The van der Waals surface area contributed by atoms with Gasteiger partial charge in [0.05, 0.1) is 12.3 Å². The molecule has 1 atom stereocenters. The van der Waals surface area contributed by atoms with Gasteiger partial charge in [0.2, 0.25) is 6.10 Å². The zero-order valence-electron chi connectivity index (χ0n) is 15.7. The zero-order valence-corrected chi connectivity index (χ0v) is 15.7. The highest BCUT2D eigenvalue weighted by molar-refractivity contribution is 6.04. The lowest BCUT2D eigenvalue weighted by Crippen LogP contribution is -2.28. The summed E-state index contributed by atoms with van der Waals surface area (Å²) >= 11 is 0. The molecule has 0 fully saturated rings. The van der Waals surface area contributed by atoms with Crippen molar-refractivity contribution in [1.29, 1.82) is 0 Å². The fourth-order valence-electron chi connectivity index (χ4n) is 3.10. The van der Waals surface area contributed by atoms with Crippen LogP contribution >= 0.6 is 0 Å². The Hall–Kier alpha value is -2.70. The summed E-state index contributed by atoms with van der Waals surface area (Å²) in [6.45, 7) is 2.44. The van der Waals surface area contributed by atoms with Gasteiger partial charge in [0.1, 0.15) is 0 Å². The maximum absolute atomic E-state index is 11.2. The highest BCUT2D eigenvalue weighted by Crippen LogP contribution is 2.26. The van der Waals surface area contributed by atoms with Crippen molar-refractivity contribution in [1.82, 2.24) is 4.90 Å². The van der Waals surface area contributed by atoms with Crippen LogP contribution < -0.4 is 5.73 Å². The first-order chi connectivity index (χ1) is 13.1. The van der Waals surface area contributed by atoms with Crippen LogP contribution in [0.3, 0.4) is 0 Å². The average Bonchev–Trinajstić information content (AvgIpc) is 3.17. The van der Waals surface area contributed by atoms with Gasteiger partial charge >= 0.3 is 0 Å². The normalized spacial score (nSPS) is 16.3. The van der Waals surface area contributed by atoms with E-state index in [1.165, 1.54) is 11.1 Å². The Morgan fingerprint density at radius 1 is 1.22 bits per heavy atom. The Kier molecular flexibility index (Phi) is 6.21. The van der Waals surface area contributed by atoms with Gasteiger partial charge in [0.25, 0.3) is 5.91 Å². The maximum Gasteiger partial charge on any atom is 0.261 e. The highest BCUT2D eigenvalue weighted by atomic mass is 16.6. The van der Waals surface area contributed by atoms with Crippen LogP contribution in [0.1, 0.15) is 17.5 Å². The van der Waals surface area contributed by atoms with E-state index >= 15 is 0 Å². The molecule has 6 nitrogen and oxygen atoms in total. The standard InChI is InChI=1S/C21H25N3O3/c1-24(11-12-26-2)14-17-5-3-4-6-18(17)15-7-9-16(10-8-15)19-13-20(21(22)25)27-23-19/h3-10,20H,11-14H2,1-2H3,(H2,22,25). The number of likely N-dealkylation sites (N-methyl/N-ethyl adjacent to an activating group) is 1. The summed E-state index contributed by atoms with van der Waals surface area (Å²) < 4.78 is 5.16. The first kappa shape index (κ1) is 19.1. The third-order valence-corrected chi connectivity index (χ3v) is 4.65. The molecule has 3 rings (SSSR count). The number of amides is 1. The number of primary amides is 1. The van der Waals surface area contributed by atoms with Gasteiger partial charge in [0.15, 0.2) is 0 Å². The quantitative estimate of drug-likeness (QED) is 0.777. The molecular weight excluding hydrogens is 342 g/mol. The predicted molar refractivity (Wildman–Crippen MR) is 105 cm³/mol. The van der Waals surface area contributed by atoms with E-state index in [0.29, 0.717) is 13.0 Å². The van der Waals surface area contributed by atoms with Crippen molar-refractivity contribution in [2.24, 2.45) is 10.9 Å². The second-order valence-corrected chi connectivity index (χ2v) is 6.70. The lowest BCUT2D eigenvalue weighted by Gasteiger charge is -2.18. The smallest absolute Gasteiger partial charge is 0.261 e. The molecule has 142 valence electrons. The van der Waals surface area contributed by atoms with Crippen LogP contribution in [-0.2, 0) is 20.9 Å². The summed E-state index contributed by atoms with van der Waals surface area (Å²) in [6.07, 6.45) is -0.252. The fraction of sp³-hybridized carbons (Fsp3) is 0.333. The maximum atomic E-state index is 11.2. The van der Waals surface area contributed by atoms with Crippen molar-refractivity contribution in [2.75, 3.05) is 27.3 Å². The predicted octanol–water partition coefficient (Wildman–Crippen LogP) is 2.41. The van der Waals surface area contributed by atoms with Crippen LogP contribution in [0.15, 0.2) is 53.7 Å². The molecule has 0 aromatic heterocycles. The van der Waals surface area contributed by atoms with Crippen LogP contribution in [0, 0.1) is 0 Å². The number of ether oxygens (including phenoxy) is 1. The van der Waals surface area contributed by atoms with Crippen molar-refractivity contribution in [3.63, 3.8) is 0 Å². The number of hydrogen-bond donors (Lipinski definition) is 1. The van der Waals surface area contributed by atoms with E-state index < -0.39 is 12.0 Å². The van der Waals surface area contributed by atoms with Crippen molar-refractivity contribution in [2.45, 2.75) is 19.1 Å². The minimum absolute atomic E-state index is 0.412. The van der Waals surface area contributed by atoms with Gasteiger partial charge in [0, 0.05) is 26.6 Å². The van der Waals surface area contributed by atoms with E-state index in [9.17, 15) is 4.79 Å². The van der Waals surface area contributed by atoms with Crippen LogP contribution in [0.5, 0.6) is 0 Å². The van der Waals surface area contributed by atoms with E-state index in [1.807, 2.05) is 18.2 Å². The summed E-state index contributed by atoms with van der Waals surface area (Å²) in [6, 6.07) is 16.6. The number of hydrogen-bond acceptors (Lipinski definition) is 5. The molecule has 2 aromatic rings. The SMILES string of the molecule is COCCN(C)Cc1ccccc1-c1ccc(C2=NOC(C(N)=O)C2)cc1. The minimum atomic E-state index is -0.664. The van der Waals surface area contributed by atoms with Gasteiger partial charge in [-0.2, -0.15) is 0 Å². The molecule has 1 amide bonds. The fourth-order valence-corrected chi connectivity index (χ4v) is 3.10. The third kappa shape index (κ3) is 4.72. The summed E-state index contributed by atoms with van der Waals surface area (Å²) in [7, 11) is 3.81. The summed E-state index contributed by atoms with van der Waals surface area (Å²) in [5.41, 5.74) is 10.6. The largest absolute Gasteiger partial charge is 0.383 e. The molecule has 0 saturated carbocycles. The topological polar surface area (TPSA) is 77.2 Å². The van der Waals surface area contributed by atoms with Gasteiger partial charge < -0.3 is 15.3 Å². The van der Waals surface area contributed by atoms with Crippen LogP contribution in [0.25, 0.3) is 11.1 Å². The molecule has 1 unspecified atom stereocenters. The van der Waals surface area contributed by atoms with Crippen LogP contribution in [0.4, 0.5) is 0 Å². The van der Waals surface area contributed by atoms with Gasteiger partial charge in [-0.05, 0) is 29.3 Å². The number of nitrogens with zero attached hydrogens (tertiary/aromatic N) is 2. The number of methoxy groups -OCH3 is 1. The van der Waals surface area contributed by atoms with Crippen molar-refractivity contribution in [3.8, 4) is 11.1 Å². The number of benzene rings is 2. The zero-order chi connectivity index (χ0) is 19.2. The second-order valence-electron chi connectivity index (χ2n) is 6.70. The Morgan fingerprint density at radius 2 is 1.93 bits per heavy atom. The molecule has 2 aromatic carbocycles. The lowest BCUT2D eigenvalue weighted by molar-refractivity contribution is -0.127. The molecule has 2 N–H and O–H groups in total. The molecule has 1 heterocycles. The molecule has 1 aliphatic rings. The monoisotopic (exact) mass is 367 g/mol. The summed E-state index contributed by atoms with van der Waals surface area (Å²) in [4.78, 5) is 18.6. The first-order valence-corrected chi connectivity index (χ1v) is 8.96. The molecule has 1 aliphatic heterocycles. The molecule has 6 heteroatoms. The summed E-state index contributed by atoms with van der Waals surface area (Å²) in [5, 5.41) is 3.99. The number of carbonyl (C=O) groups is 1. The number of rotatable bonds is 8. The van der Waals surface area contributed by atoms with Crippen molar-refractivity contribution < 1.29 is 14.4 Å². The molecule has 0 spiro atoms. The van der Waals surface area contributed by atoms with Gasteiger partial charge in [-0.15, -0.1) is 0 Å². The summed E-state index contributed by atoms with van der Waals surface area (Å²) in [5.74, 6) is -0.489. The molecule has 0 saturated heterocycles.